The van der Waals surface area contributed by atoms with E-state index >= 15 is 0 Å². The molecule has 1 aromatic rings. The Bertz CT molecular complexity index is 578. The van der Waals surface area contributed by atoms with E-state index in [1.54, 1.807) is 6.08 Å². The highest BCUT2D eigenvalue weighted by Crippen LogP contribution is 2.15. The molecule has 0 N–H and O–H groups in total. The number of hydrogen-bond donors (Lipinski definition) is 0. The van der Waals surface area contributed by atoms with Crippen LogP contribution in [-0.4, -0.2) is 14.2 Å². The van der Waals surface area contributed by atoms with Crippen molar-refractivity contribution >= 4 is 15.9 Å². The second-order valence-electron chi connectivity index (χ2n) is 4.31. The third kappa shape index (κ3) is 4.00. The van der Waals surface area contributed by atoms with Gasteiger partial charge in [-0.15, -0.1) is 0 Å². The average molecular weight is 260 g/mol. The van der Waals surface area contributed by atoms with Gasteiger partial charge in [0.25, 0.3) is 0 Å². The fourth-order valence-electron chi connectivity index (χ4n) is 1.83. The SMILES string of the molecule is O=S(=O)(C=Cc1ccccc1)CC1=CC=CCC1. The normalized spacial score (nSPS) is 15.9. The van der Waals surface area contributed by atoms with Crippen molar-refractivity contribution in [3.05, 3.63) is 65.1 Å². The Morgan fingerprint density at radius 2 is 1.94 bits per heavy atom. The van der Waals surface area contributed by atoms with Gasteiger partial charge >= 0.3 is 0 Å². The molecule has 0 aliphatic heterocycles. The van der Waals surface area contributed by atoms with Crippen LogP contribution in [0.2, 0.25) is 0 Å². The third-order valence-corrected chi connectivity index (χ3v) is 4.08. The van der Waals surface area contributed by atoms with Gasteiger partial charge in [-0.25, -0.2) is 8.42 Å². The molecule has 3 heteroatoms. The minimum absolute atomic E-state index is 0.126. The maximum atomic E-state index is 11.9. The molecule has 0 spiro atoms. The van der Waals surface area contributed by atoms with Crippen LogP contribution in [0.3, 0.4) is 0 Å². The van der Waals surface area contributed by atoms with Crippen molar-refractivity contribution < 1.29 is 8.42 Å². The van der Waals surface area contributed by atoms with Gasteiger partial charge < -0.3 is 0 Å². The summed E-state index contributed by atoms with van der Waals surface area (Å²) < 4.78 is 23.8. The van der Waals surface area contributed by atoms with Gasteiger partial charge in [-0.3, -0.25) is 0 Å². The van der Waals surface area contributed by atoms with Gasteiger partial charge in [-0.1, -0.05) is 54.1 Å². The standard InChI is InChI=1S/C15H16O2S/c16-18(17,13-15-9-5-2-6-10-15)12-11-14-7-3-1-4-8-14/h1-5,7-9,11-12H,6,10,13H2. The van der Waals surface area contributed by atoms with E-state index in [0.29, 0.717) is 0 Å². The highest BCUT2D eigenvalue weighted by molar-refractivity contribution is 7.94. The van der Waals surface area contributed by atoms with Crippen LogP contribution >= 0.6 is 0 Å². The van der Waals surface area contributed by atoms with Crippen LogP contribution in [0.15, 0.2) is 59.5 Å². The van der Waals surface area contributed by atoms with E-state index in [4.69, 9.17) is 0 Å². The molecule has 0 saturated heterocycles. The quantitative estimate of drug-likeness (QED) is 0.832. The van der Waals surface area contributed by atoms with Crippen molar-refractivity contribution in [2.45, 2.75) is 12.8 Å². The molecular weight excluding hydrogens is 244 g/mol. The lowest BCUT2D eigenvalue weighted by atomic mass is 10.1. The summed E-state index contributed by atoms with van der Waals surface area (Å²) >= 11 is 0. The van der Waals surface area contributed by atoms with E-state index < -0.39 is 9.84 Å². The Labute approximate surface area is 108 Å². The predicted molar refractivity (Wildman–Crippen MR) is 75.7 cm³/mol. The molecule has 0 saturated carbocycles. The summed E-state index contributed by atoms with van der Waals surface area (Å²) in [5.41, 5.74) is 1.88. The molecule has 1 aliphatic rings. The largest absolute Gasteiger partial charge is 0.224 e. The second-order valence-corrected chi connectivity index (χ2v) is 6.20. The number of hydrogen-bond acceptors (Lipinski definition) is 2. The molecule has 0 atom stereocenters. The zero-order chi connectivity index (χ0) is 12.8. The van der Waals surface area contributed by atoms with Crippen molar-refractivity contribution in [1.29, 1.82) is 0 Å². The lowest BCUT2D eigenvalue weighted by Crippen LogP contribution is -2.06. The number of rotatable bonds is 4. The number of sulfone groups is 1. The minimum Gasteiger partial charge on any atom is -0.224 e. The van der Waals surface area contributed by atoms with Gasteiger partial charge in [0, 0.05) is 5.41 Å². The zero-order valence-corrected chi connectivity index (χ0v) is 10.9. The molecule has 2 rings (SSSR count). The molecule has 0 aromatic heterocycles. The van der Waals surface area contributed by atoms with Gasteiger partial charge in [0.1, 0.15) is 0 Å². The summed E-state index contributed by atoms with van der Waals surface area (Å²) in [5, 5.41) is 1.31. The third-order valence-electron chi connectivity index (χ3n) is 2.75. The Morgan fingerprint density at radius 3 is 2.61 bits per heavy atom. The van der Waals surface area contributed by atoms with E-state index in [1.807, 2.05) is 42.5 Å². The summed E-state index contributed by atoms with van der Waals surface area (Å²) in [4.78, 5) is 0. The molecule has 94 valence electrons. The lowest BCUT2D eigenvalue weighted by Gasteiger charge is -2.07. The van der Waals surface area contributed by atoms with Crippen LogP contribution in [0.25, 0.3) is 6.08 Å². The van der Waals surface area contributed by atoms with Crippen LogP contribution in [0.4, 0.5) is 0 Å². The highest BCUT2D eigenvalue weighted by Gasteiger charge is 2.10. The van der Waals surface area contributed by atoms with Gasteiger partial charge in [-0.05, 0) is 24.5 Å². The van der Waals surface area contributed by atoms with Crippen molar-refractivity contribution in [2.75, 3.05) is 5.75 Å². The molecule has 0 unspecified atom stereocenters. The fraction of sp³-hybridized carbons (Fsp3) is 0.200. The van der Waals surface area contributed by atoms with Crippen molar-refractivity contribution in [3.63, 3.8) is 0 Å². The Kier molecular flexibility index (Phi) is 4.15. The zero-order valence-electron chi connectivity index (χ0n) is 10.1. The maximum Gasteiger partial charge on any atom is 0.175 e. The first-order valence-electron chi connectivity index (χ1n) is 5.96. The van der Waals surface area contributed by atoms with Crippen LogP contribution in [0.5, 0.6) is 0 Å². The van der Waals surface area contributed by atoms with E-state index in [9.17, 15) is 8.42 Å². The summed E-state index contributed by atoms with van der Waals surface area (Å²) in [5.74, 6) is 0.126. The molecule has 1 aromatic carbocycles. The Hall–Kier alpha value is -1.61. The maximum absolute atomic E-state index is 11.9. The lowest BCUT2D eigenvalue weighted by molar-refractivity contribution is 0.606. The molecule has 0 radical (unpaired) electrons. The summed E-state index contributed by atoms with van der Waals surface area (Å²) in [6, 6.07) is 9.45. The summed E-state index contributed by atoms with van der Waals surface area (Å²) in [6.45, 7) is 0. The molecule has 2 nitrogen and oxygen atoms in total. The van der Waals surface area contributed by atoms with Gasteiger partial charge in [0.15, 0.2) is 9.84 Å². The topological polar surface area (TPSA) is 34.1 Å². The molecular formula is C15H16O2S. The molecule has 1 aliphatic carbocycles. The fourth-order valence-corrected chi connectivity index (χ4v) is 3.04. The summed E-state index contributed by atoms with van der Waals surface area (Å²) in [6.07, 6.45) is 9.30. The van der Waals surface area contributed by atoms with Crippen LogP contribution in [-0.2, 0) is 9.84 Å². The van der Waals surface area contributed by atoms with E-state index in [0.717, 1.165) is 24.0 Å². The van der Waals surface area contributed by atoms with Gasteiger partial charge in [0.2, 0.25) is 0 Å². The number of benzene rings is 1. The molecule has 0 bridgehead atoms. The van der Waals surface area contributed by atoms with E-state index in [2.05, 4.69) is 6.08 Å². The average Bonchev–Trinajstić information content (AvgIpc) is 2.38. The second kappa shape index (κ2) is 5.83. The Morgan fingerprint density at radius 1 is 1.17 bits per heavy atom. The molecule has 0 fully saturated rings. The number of allylic oxidation sites excluding steroid dienone is 3. The first kappa shape index (κ1) is 12.8. The summed E-state index contributed by atoms with van der Waals surface area (Å²) in [7, 11) is -3.16. The first-order valence-corrected chi connectivity index (χ1v) is 7.68. The van der Waals surface area contributed by atoms with E-state index in [-0.39, 0.29) is 5.75 Å². The van der Waals surface area contributed by atoms with Crippen molar-refractivity contribution in [3.8, 4) is 0 Å². The monoisotopic (exact) mass is 260 g/mol. The smallest absolute Gasteiger partial charge is 0.175 e. The van der Waals surface area contributed by atoms with Crippen LogP contribution in [0, 0.1) is 0 Å². The van der Waals surface area contributed by atoms with Crippen LogP contribution < -0.4 is 0 Å². The molecule has 18 heavy (non-hydrogen) atoms. The van der Waals surface area contributed by atoms with Gasteiger partial charge in [0.05, 0.1) is 5.75 Å². The highest BCUT2D eigenvalue weighted by atomic mass is 32.2. The van der Waals surface area contributed by atoms with Crippen molar-refractivity contribution in [1.82, 2.24) is 0 Å². The Balaban J connectivity index is 2.06. The molecule has 0 amide bonds. The first-order chi connectivity index (χ1) is 8.66. The van der Waals surface area contributed by atoms with Gasteiger partial charge in [-0.2, -0.15) is 0 Å². The van der Waals surface area contributed by atoms with Crippen molar-refractivity contribution in [2.24, 2.45) is 0 Å². The molecule has 0 heterocycles. The van der Waals surface area contributed by atoms with E-state index in [1.165, 1.54) is 5.41 Å². The minimum atomic E-state index is -3.16. The predicted octanol–water partition coefficient (Wildman–Crippen LogP) is 3.35. The van der Waals surface area contributed by atoms with Crippen LogP contribution in [0.1, 0.15) is 18.4 Å².